The average Bonchev–Trinajstić information content (AvgIpc) is 3.26. The average molecular weight is 559 g/mol. The van der Waals surface area contributed by atoms with Crippen molar-refractivity contribution in [3.63, 3.8) is 0 Å². The van der Waals surface area contributed by atoms with Crippen LogP contribution < -0.4 is 19.6 Å². The predicted molar refractivity (Wildman–Crippen MR) is 158 cm³/mol. The molecule has 0 amide bonds. The van der Waals surface area contributed by atoms with Gasteiger partial charge in [-0.2, -0.15) is 0 Å². The van der Waals surface area contributed by atoms with E-state index in [1.165, 1.54) is 11.3 Å². The largest absolute Gasteiger partial charge is 0.496 e. The van der Waals surface area contributed by atoms with Gasteiger partial charge in [0.2, 0.25) is 0 Å². The number of thiazole rings is 1. The molecular weight excluding hydrogens is 528 g/mol. The monoisotopic (exact) mass is 558 g/mol. The van der Waals surface area contributed by atoms with Gasteiger partial charge in [0, 0.05) is 10.5 Å². The lowest BCUT2D eigenvalue weighted by Gasteiger charge is -2.28. The Labute approximate surface area is 235 Å². The molecule has 2 heterocycles. The predicted octanol–water partition coefficient (Wildman–Crippen LogP) is 5.46. The maximum atomic E-state index is 14.1. The highest BCUT2D eigenvalue weighted by molar-refractivity contribution is 7.98. The van der Waals surface area contributed by atoms with Crippen molar-refractivity contribution in [1.29, 1.82) is 0 Å². The summed E-state index contributed by atoms with van der Waals surface area (Å²) < 4.78 is 13.6. The molecule has 5 rings (SSSR count). The van der Waals surface area contributed by atoms with Crippen molar-refractivity contribution < 1.29 is 14.3 Å². The molecule has 0 aliphatic carbocycles. The first kappa shape index (κ1) is 27.0. The van der Waals surface area contributed by atoms with Crippen molar-refractivity contribution in [2.45, 2.75) is 37.6 Å². The van der Waals surface area contributed by atoms with Gasteiger partial charge in [0.05, 0.1) is 29.5 Å². The van der Waals surface area contributed by atoms with Gasteiger partial charge in [-0.05, 0) is 60.2 Å². The van der Waals surface area contributed by atoms with Gasteiger partial charge in [0.15, 0.2) is 4.80 Å². The molecule has 0 spiro atoms. The molecule has 1 aliphatic heterocycles. The molecule has 6 nitrogen and oxygen atoms in total. The molecule has 0 saturated heterocycles. The second-order valence-electron chi connectivity index (χ2n) is 9.09. The maximum Gasteiger partial charge on any atom is 0.338 e. The molecular formula is C31H30N2O4S2. The van der Waals surface area contributed by atoms with Crippen molar-refractivity contribution in [3.05, 3.63) is 103 Å². The minimum Gasteiger partial charge on any atom is -0.496 e. The lowest BCUT2D eigenvalue weighted by Crippen LogP contribution is -2.40. The third-order valence-electron chi connectivity index (χ3n) is 6.73. The van der Waals surface area contributed by atoms with Gasteiger partial charge in [-0.1, -0.05) is 67.1 Å². The minimum absolute atomic E-state index is 0.204. The zero-order valence-corrected chi connectivity index (χ0v) is 24.0. The van der Waals surface area contributed by atoms with Crippen LogP contribution in [-0.2, 0) is 9.53 Å². The van der Waals surface area contributed by atoms with Crippen molar-refractivity contribution in [2.75, 3.05) is 20.0 Å². The molecule has 4 aromatic rings. The summed E-state index contributed by atoms with van der Waals surface area (Å²) in [7, 11) is 1.61. The number of esters is 1. The first-order valence-corrected chi connectivity index (χ1v) is 15.0. The van der Waals surface area contributed by atoms with Crippen LogP contribution in [0.15, 0.2) is 86.6 Å². The Balaban J connectivity index is 1.85. The molecule has 0 fully saturated rings. The van der Waals surface area contributed by atoms with Crippen molar-refractivity contribution in [3.8, 4) is 5.75 Å². The number of allylic oxidation sites excluding steroid dienone is 1. The van der Waals surface area contributed by atoms with Gasteiger partial charge < -0.3 is 9.47 Å². The zero-order valence-electron chi connectivity index (χ0n) is 22.4. The molecule has 1 atom stereocenters. The van der Waals surface area contributed by atoms with Crippen LogP contribution in [-0.4, -0.2) is 30.5 Å². The van der Waals surface area contributed by atoms with Crippen LogP contribution in [0.25, 0.3) is 16.8 Å². The van der Waals surface area contributed by atoms with Gasteiger partial charge in [-0.25, -0.2) is 9.79 Å². The molecule has 1 aliphatic rings. The second-order valence-corrected chi connectivity index (χ2v) is 11.0. The molecule has 0 saturated carbocycles. The highest BCUT2D eigenvalue weighted by Gasteiger charge is 2.37. The van der Waals surface area contributed by atoms with E-state index in [0.717, 1.165) is 33.2 Å². The third-order valence-corrected chi connectivity index (χ3v) is 8.46. The van der Waals surface area contributed by atoms with Gasteiger partial charge in [0.25, 0.3) is 5.56 Å². The fourth-order valence-electron chi connectivity index (χ4n) is 4.98. The topological polar surface area (TPSA) is 69.9 Å². The fraction of sp³-hybridized carbons (Fsp3) is 0.258. The number of aromatic nitrogens is 1. The van der Waals surface area contributed by atoms with Gasteiger partial charge >= 0.3 is 5.97 Å². The number of nitrogens with zero attached hydrogens (tertiary/aromatic N) is 2. The smallest absolute Gasteiger partial charge is 0.338 e. The summed E-state index contributed by atoms with van der Waals surface area (Å²) in [6, 6.07) is 19.1. The summed E-state index contributed by atoms with van der Waals surface area (Å²) in [5.74, 6) is 0.132. The zero-order chi connectivity index (χ0) is 27.5. The van der Waals surface area contributed by atoms with Gasteiger partial charge in [-0.3, -0.25) is 9.36 Å². The Morgan fingerprint density at radius 1 is 1.10 bits per heavy atom. The Hall–Kier alpha value is -3.62. The van der Waals surface area contributed by atoms with E-state index >= 15 is 0 Å². The number of ether oxygens (including phenoxy) is 2. The Morgan fingerprint density at radius 3 is 2.56 bits per heavy atom. The number of carbonyl (C=O) groups is 1. The van der Waals surface area contributed by atoms with E-state index in [4.69, 9.17) is 14.5 Å². The SMILES string of the molecule is CCCC1=C(C(=O)OCC)[C@@H](c2c(OC)ccc3ccccc23)n2c(s/c(=C\c3ccc(SC)cc3)c2=O)=N1. The van der Waals surface area contributed by atoms with Gasteiger partial charge in [-0.15, -0.1) is 11.8 Å². The number of fused-ring (bicyclic) bond motifs is 2. The third kappa shape index (κ3) is 5.06. The van der Waals surface area contributed by atoms with E-state index in [0.29, 0.717) is 32.8 Å². The molecule has 0 unspecified atom stereocenters. The Morgan fingerprint density at radius 2 is 1.87 bits per heavy atom. The van der Waals surface area contributed by atoms with Crippen LogP contribution in [0.4, 0.5) is 0 Å². The second kappa shape index (κ2) is 11.6. The normalized spacial score (nSPS) is 15.3. The summed E-state index contributed by atoms with van der Waals surface area (Å²) in [5, 5.41) is 1.89. The molecule has 1 aromatic heterocycles. The molecule has 39 heavy (non-hydrogen) atoms. The van der Waals surface area contributed by atoms with Crippen molar-refractivity contribution >= 4 is 45.9 Å². The summed E-state index contributed by atoms with van der Waals surface area (Å²) >= 11 is 3.01. The summed E-state index contributed by atoms with van der Waals surface area (Å²) in [6.07, 6.45) is 5.29. The van der Waals surface area contributed by atoms with Crippen LogP contribution in [0.5, 0.6) is 5.75 Å². The minimum atomic E-state index is -0.746. The number of hydrogen-bond donors (Lipinski definition) is 0. The van der Waals surface area contributed by atoms with E-state index in [-0.39, 0.29) is 12.2 Å². The molecule has 200 valence electrons. The van der Waals surface area contributed by atoms with Crippen molar-refractivity contribution in [1.82, 2.24) is 4.57 Å². The fourth-order valence-corrected chi connectivity index (χ4v) is 6.41. The standard InChI is InChI=1S/C31H30N2O4S2/c1-5-9-23-27(30(35)37-6-2)28(26-22-11-8-7-10-20(22)14-17-24(26)36-3)33-29(34)25(39-31(33)32-23)18-19-12-15-21(38-4)16-13-19/h7-8,10-18,28H,5-6,9H2,1-4H3/b25-18-/t28-/m1/s1. The molecule has 0 radical (unpaired) electrons. The van der Waals surface area contributed by atoms with E-state index in [1.807, 2.05) is 79.9 Å². The highest BCUT2D eigenvalue weighted by Crippen LogP contribution is 2.41. The lowest BCUT2D eigenvalue weighted by molar-refractivity contribution is -0.139. The quantitative estimate of drug-likeness (QED) is 0.212. The summed E-state index contributed by atoms with van der Waals surface area (Å²) in [6.45, 7) is 4.05. The number of thioether (sulfide) groups is 1. The van der Waals surface area contributed by atoms with Crippen molar-refractivity contribution in [2.24, 2.45) is 4.99 Å². The first-order valence-electron chi connectivity index (χ1n) is 12.9. The molecule has 8 heteroatoms. The summed E-state index contributed by atoms with van der Waals surface area (Å²) in [5.41, 5.74) is 2.50. The highest BCUT2D eigenvalue weighted by atomic mass is 32.2. The van der Waals surface area contributed by atoms with E-state index < -0.39 is 12.0 Å². The van der Waals surface area contributed by atoms with E-state index in [9.17, 15) is 9.59 Å². The molecule has 0 N–H and O–H groups in total. The molecule has 3 aromatic carbocycles. The Kier molecular flexibility index (Phi) is 8.04. The number of hydrogen-bond acceptors (Lipinski definition) is 7. The van der Waals surface area contributed by atoms with Crippen LogP contribution >= 0.6 is 23.1 Å². The van der Waals surface area contributed by atoms with E-state index in [2.05, 4.69) is 0 Å². The van der Waals surface area contributed by atoms with Crippen LogP contribution in [0, 0.1) is 0 Å². The summed E-state index contributed by atoms with van der Waals surface area (Å²) in [4.78, 5) is 34.3. The number of rotatable bonds is 8. The number of carbonyl (C=O) groups excluding carboxylic acids is 1. The lowest BCUT2D eigenvalue weighted by atomic mass is 9.90. The number of benzene rings is 3. The van der Waals surface area contributed by atoms with Gasteiger partial charge in [0.1, 0.15) is 11.8 Å². The first-order chi connectivity index (χ1) is 19.0. The Bertz CT molecular complexity index is 1750. The van der Waals surface area contributed by atoms with Crippen LogP contribution in [0.3, 0.4) is 0 Å². The molecule has 0 bridgehead atoms. The van der Waals surface area contributed by atoms with Crippen LogP contribution in [0.2, 0.25) is 0 Å². The number of methoxy groups -OCH3 is 1. The maximum absolute atomic E-state index is 14.1. The van der Waals surface area contributed by atoms with Crippen LogP contribution in [0.1, 0.15) is 43.9 Å². The van der Waals surface area contributed by atoms with E-state index in [1.54, 1.807) is 30.4 Å².